The zero-order valence-corrected chi connectivity index (χ0v) is 16.2. The number of nitrogens with zero attached hydrogens (tertiary/aromatic N) is 2. The molecule has 0 radical (unpaired) electrons. The molecule has 1 saturated heterocycles. The molecule has 1 amide bonds. The highest BCUT2D eigenvalue weighted by molar-refractivity contribution is 5.94. The number of oxazole rings is 1. The number of hydrogen-bond donors (Lipinski definition) is 1. The number of rotatable bonds is 5. The highest BCUT2D eigenvalue weighted by Crippen LogP contribution is 2.27. The fourth-order valence-electron chi connectivity index (χ4n) is 3.81. The molecule has 0 aliphatic carbocycles. The molecule has 1 aromatic heterocycles. The van der Waals surface area contributed by atoms with E-state index in [0.717, 1.165) is 18.7 Å². The van der Waals surface area contributed by atoms with Crippen LogP contribution in [0.2, 0.25) is 0 Å². The molecule has 5 heteroatoms. The van der Waals surface area contributed by atoms with E-state index in [0.29, 0.717) is 29.7 Å². The number of benzene rings is 1. The van der Waals surface area contributed by atoms with E-state index in [1.54, 1.807) is 6.20 Å². The molecule has 0 spiro atoms. The number of nitrogens with one attached hydrogen (secondary N) is 1. The van der Waals surface area contributed by atoms with E-state index >= 15 is 0 Å². The largest absolute Gasteiger partial charge is 0.444 e. The Labute approximate surface area is 155 Å². The van der Waals surface area contributed by atoms with Crippen LogP contribution in [0.4, 0.5) is 0 Å². The van der Waals surface area contributed by atoms with Gasteiger partial charge in [0.15, 0.2) is 12.2 Å². The number of carbonyl (C=O) groups excluding carboxylic acids is 1. The Kier molecular flexibility index (Phi) is 5.47. The minimum Gasteiger partial charge on any atom is -0.444 e. The molecule has 1 aliphatic heterocycles. The summed E-state index contributed by atoms with van der Waals surface area (Å²) in [6.45, 7) is 11.9. The molecular weight excluding hydrogens is 326 g/mol. The predicted molar refractivity (Wildman–Crippen MR) is 103 cm³/mol. The Morgan fingerprint density at radius 3 is 2.46 bits per heavy atom. The molecule has 1 aliphatic rings. The zero-order valence-electron chi connectivity index (χ0n) is 16.2. The summed E-state index contributed by atoms with van der Waals surface area (Å²) in [5.41, 5.74) is 1.51. The van der Waals surface area contributed by atoms with Gasteiger partial charge in [0.1, 0.15) is 0 Å². The number of carbonyl (C=O) groups is 1. The number of amides is 1. The number of aromatic nitrogens is 1. The quantitative estimate of drug-likeness (QED) is 0.886. The van der Waals surface area contributed by atoms with Gasteiger partial charge in [0.25, 0.3) is 5.91 Å². The van der Waals surface area contributed by atoms with Gasteiger partial charge in [-0.2, -0.15) is 0 Å². The highest BCUT2D eigenvalue weighted by atomic mass is 16.3. The minimum atomic E-state index is -0.0572. The van der Waals surface area contributed by atoms with Gasteiger partial charge < -0.3 is 9.73 Å². The topological polar surface area (TPSA) is 58.4 Å². The summed E-state index contributed by atoms with van der Waals surface area (Å²) in [4.78, 5) is 19.0. The van der Waals surface area contributed by atoms with Gasteiger partial charge in [-0.3, -0.25) is 9.69 Å². The van der Waals surface area contributed by atoms with Crippen molar-refractivity contribution in [3.05, 3.63) is 42.4 Å². The van der Waals surface area contributed by atoms with Crippen molar-refractivity contribution in [2.45, 2.75) is 39.7 Å². The van der Waals surface area contributed by atoms with Crippen LogP contribution in [0.3, 0.4) is 0 Å². The van der Waals surface area contributed by atoms with Gasteiger partial charge in [-0.15, -0.1) is 0 Å². The molecule has 5 nitrogen and oxygen atoms in total. The summed E-state index contributed by atoms with van der Waals surface area (Å²) in [5, 5.41) is 3.10. The molecule has 1 aromatic carbocycles. The summed E-state index contributed by atoms with van der Waals surface area (Å²) >= 11 is 0. The molecule has 140 valence electrons. The van der Waals surface area contributed by atoms with Crippen LogP contribution in [0.15, 0.2) is 41.3 Å². The normalized spacial score (nSPS) is 21.5. The van der Waals surface area contributed by atoms with Crippen LogP contribution in [0.25, 0.3) is 11.3 Å². The summed E-state index contributed by atoms with van der Waals surface area (Å²) in [5.74, 6) is 2.07. The molecule has 2 unspecified atom stereocenters. The van der Waals surface area contributed by atoms with E-state index in [4.69, 9.17) is 4.42 Å². The van der Waals surface area contributed by atoms with Gasteiger partial charge in [-0.1, -0.05) is 26.0 Å². The van der Waals surface area contributed by atoms with Gasteiger partial charge in [-0.05, 0) is 44.2 Å². The van der Waals surface area contributed by atoms with Crippen molar-refractivity contribution in [3.8, 4) is 11.3 Å². The summed E-state index contributed by atoms with van der Waals surface area (Å²) in [6.07, 6.45) is 4.36. The van der Waals surface area contributed by atoms with E-state index < -0.39 is 0 Å². The fraction of sp³-hybridized carbons (Fsp3) is 0.524. The summed E-state index contributed by atoms with van der Waals surface area (Å²) in [7, 11) is 0. The Hall–Kier alpha value is -2.14. The standard InChI is InChI=1S/C21H29N3O2/c1-15-9-16(2)12-24(11-15)21(3,4)13-23-20(25)18-7-5-17(6-8-18)19-10-22-14-26-19/h5-8,10,14-16H,9,11-13H2,1-4H3,(H,23,25). The van der Waals surface area contributed by atoms with Crippen molar-refractivity contribution in [1.29, 1.82) is 0 Å². The molecule has 0 bridgehead atoms. The van der Waals surface area contributed by atoms with Crippen LogP contribution in [0.1, 0.15) is 44.5 Å². The maximum atomic E-state index is 12.5. The highest BCUT2D eigenvalue weighted by Gasteiger charge is 2.32. The molecule has 3 rings (SSSR count). The van der Waals surface area contributed by atoms with E-state index in [-0.39, 0.29) is 11.4 Å². The molecule has 0 saturated carbocycles. The van der Waals surface area contributed by atoms with Crippen molar-refractivity contribution in [2.24, 2.45) is 11.8 Å². The average Bonchev–Trinajstić information content (AvgIpc) is 3.14. The lowest BCUT2D eigenvalue weighted by atomic mass is 9.88. The average molecular weight is 355 g/mol. The number of hydrogen-bond acceptors (Lipinski definition) is 4. The fourth-order valence-corrected chi connectivity index (χ4v) is 3.81. The molecule has 2 atom stereocenters. The van der Waals surface area contributed by atoms with Crippen LogP contribution in [-0.2, 0) is 0 Å². The van der Waals surface area contributed by atoms with E-state index in [1.165, 1.54) is 12.8 Å². The monoisotopic (exact) mass is 355 g/mol. The summed E-state index contributed by atoms with van der Waals surface area (Å²) < 4.78 is 5.28. The van der Waals surface area contributed by atoms with Gasteiger partial charge in [-0.25, -0.2) is 4.98 Å². The number of likely N-dealkylation sites (tertiary alicyclic amines) is 1. The van der Waals surface area contributed by atoms with Crippen LogP contribution in [0, 0.1) is 11.8 Å². The van der Waals surface area contributed by atoms with Crippen molar-refractivity contribution in [2.75, 3.05) is 19.6 Å². The van der Waals surface area contributed by atoms with Crippen LogP contribution in [-0.4, -0.2) is 41.0 Å². The minimum absolute atomic E-state index is 0.0414. The van der Waals surface area contributed by atoms with Gasteiger partial charge in [0, 0.05) is 36.3 Å². The van der Waals surface area contributed by atoms with Crippen molar-refractivity contribution in [3.63, 3.8) is 0 Å². The second-order valence-electron chi connectivity index (χ2n) is 8.29. The Morgan fingerprint density at radius 2 is 1.88 bits per heavy atom. The second-order valence-corrected chi connectivity index (χ2v) is 8.29. The van der Waals surface area contributed by atoms with Gasteiger partial charge in [0.05, 0.1) is 6.20 Å². The molecule has 2 heterocycles. The molecule has 1 fully saturated rings. The first kappa shape index (κ1) is 18.6. The first-order valence-corrected chi connectivity index (χ1v) is 9.37. The van der Waals surface area contributed by atoms with Crippen molar-refractivity contribution in [1.82, 2.24) is 15.2 Å². The smallest absolute Gasteiger partial charge is 0.251 e. The Balaban J connectivity index is 1.59. The van der Waals surface area contributed by atoms with E-state index in [2.05, 4.69) is 42.9 Å². The first-order chi connectivity index (χ1) is 12.3. The molecule has 2 aromatic rings. The molecular formula is C21H29N3O2. The lowest BCUT2D eigenvalue weighted by molar-refractivity contribution is 0.0445. The lowest BCUT2D eigenvalue weighted by Crippen LogP contribution is -2.56. The van der Waals surface area contributed by atoms with Crippen LogP contribution < -0.4 is 5.32 Å². The third-order valence-corrected chi connectivity index (χ3v) is 5.27. The second kappa shape index (κ2) is 7.62. The van der Waals surface area contributed by atoms with Crippen molar-refractivity contribution >= 4 is 5.91 Å². The maximum Gasteiger partial charge on any atom is 0.251 e. The van der Waals surface area contributed by atoms with Gasteiger partial charge in [0.2, 0.25) is 0 Å². The molecule has 1 N–H and O–H groups in total. The van der Waals surface area contributed by atoms with Crippen LogP contribution >= 0.6 is 0 Å². The lowest BCUT2D eigenvalue weighted by Gasteiger charge is -2.45. The first-order valence-electron chi connectivity index (χ1n) is 9.37. The van der Waals surface area contributed by atoms with Gasteiger partial charge >= 0.3 is 0 Å². The Bertz CT molecular complexity index is 712. The third kappa shape index (κ3) is 4.33. The summed E-state index contributed by atoms with van der Waals surface area (Å²) in [6, 6.07) is 7.42. The Morgan fingerprint density at radius 1 is 1.23 bits per heavy atom. The molecule has 26 heavy (non-hydrogen) atoms. The predicted octanol–water partition coefficient (Wildman–Crippen LogP) is 3.83. The van der Waals surface area contributed by atoms with E-state index in [9.17, 15) is 4.79 Å². The maximum absolute atomic E-state index is 12.5. The van der Waals surface area contributed by atoms with E-state index in [1.807, 2.05) is 24.3 Å². The zero-order chi connectivity index (χ0) is 18.7. The van der Waals surface area contributed by atoms with Crippen LogP contribution in [0.5, 0.6) is 0 Å². The third-order valence-electron chi connectivity index (χ3n) is 5.27. The number of piperidine rings is 1. The van der Waals surface area contributed by atoms with Crippen molar-refractivity contribution < 1.29 is 9.21 Å². The SMILES string of the molecule is CC1CC(C)CN(C(C)(C)CNC(=O)c2ccc(-c3cnco3)cc2)C1.